The molecule has 3 rings (SSSR count). The van der Waals surface area contributed by atoms with Crippen molar-refractivity contribution in [1.29, 1.82) is 0 Å². The molecule has 116 valence electrons. The number of carbonyl (C=O) groups excluding carboxylic acids is 2. The monoisotopic (exact) mass is 299 g/mol. The molecule has 0 radical (unpaired) electrons. The van der Waals surface area contributed by atoms with Gasteiger partial charge in [-0.15, -0.1) is 0 Å². The first kappa shape index (κ1) is 14.6. The van der Waals surface area contributed by atoms with Crippen molar-refractivity contribution >= 4 is 17.5 Å². The molecule has 0 spiro atoms. The van der Waals surface area contributed by atoms with E-state index in [0.717, 1.165) is 18.7 Å². The van der Waals surface area contributed by atoms with Gasteiger partial charge in [0.1, 0.15) is 0 Å². The molecule has 0 aliphatic carbocycles. The van der Waals surface area contributed by atoms with Crippen molar-refractivity contribution in [2.24, 2.45) is 5.92 Å². The fraction of sp³-hybridized carbons (Fsp3) is 0.412. The van der Waals surface area contributed by atoms with E-state index in [1.54, 1.807) is 11.9 Å². The van der Waals surface area contributed by atoms with E-state index < -0.39 is 0 Å². The van der Waals surface area contributed by atoms with Crippen LogP contribution in [0.5, 0.6) is 0 Å². The molecule has 0 saturated carbocycles. The lowest BCUT2D eigenvalue weighted by Gasteiger charge is -2.18. The number of nitrogens with one attached hydrogen (secondary N) is 1. The fourth-order valence-electron chi connectivity index (χ4n) is 2.92. The molecule has 2 amide bonds. The normalized spacial score (nSPS) is 20.8. The summed E-state index contributed by atoms with van der Waals surface area (Å²) in [5.74, 6) is -0.210. The number of anilines is 1. The maximum atomic E-state index is 12.1. The Bertz CT molecular complexity index is 604. The minimum absolute atomic E-state index is 0.0362. The van der Waals surface area contributed by atoms with Crippen LogP contribution in [0, 0.1) is 5.92 Å². The largest absolute Gasteiger partial charge is 0.364 e. The summed E-state index contributed by atoms with van der Waals surface area (Å²) in [6.45, 7) is 2.89. The van der Waals surface area contributed by atoms with E-state index in [4.69, 9.17) is 0 Å². The molecule has 5 nitrogen and oxygen atoms in total. The molecule has 1 aromatic carbocycles. The summed E-state index contributed by atoms with van der Waals surface area (Å²) < 4.78 is 0. The third-order valence-corrected chi connectivity index (χ3v) is 4.27. The van der Waals surface area contributed by atoms with Crippen LogP contribution in [0.3, 0.4) is 0 Å². The summed E-state index contributed by atoms with van der Waals surface area (Å²) in [5.41, 5.74) is 2.25. The predicted molar refractivity (Wildman–Crippen MR) is 85.4 cm³/mol. The SMILES string of the molecule is CN1CC(C(=O)NCc2cccc(N3CC=CC3)c2)CC1=O. The summed E-state index contributed by atoms with van der Waals surface area (Å²) in [4.78, 5) is 27.5. The van der Waals surface area contributed by atoms with Crippen LogP contribution in [0.2, 0.25) is 0 Å². The Morgan fingerprint density at radius 2 is 2.09 bits per heavy atom. The Kier molecular flexibility index (Phi) is 4.13. The number of carbonyl (C=O) groups is 2. The molecule has 1 saturated heterocycles. The van der Waals surface area contributed by atoms with Crippen LogP contribution in [-0.2, 0) is 16.1 Å². The third-order valence-electron chi connectivity index (χ3n) is 4.27. The highest BCUT2D eigenvalue weighted by atomic mass is 16.2. The fourth-order valence-corrected chi connectivity index (χ4v) is 2.92. The molecule has 22 heavy (non-hydrogen) atoms. The number of rotatable bonds is 4. The molecular formula is C17H21N3O2. The Morgan fingerprint density at radius 1 is 1.32 bits per heavy atom. The van der Waals surface area contributed by atoms with Gasteiger partial charge in [-0.05, 0) is 17.7 Å². The van der Waals surface area contributed by atoms with Gasteiger partial charge in [0, 0.05) is 45.3 Å². The first-order valence-electron chi connectivity index (χ1n) is 7.64. The van der Waals surface area contributed by atoms with Gasteiger partial charge >= 0.3 is 0 Å². The molecular weight excluding hydrogens is 278 g/mol. The number of hydrogen-bond acceptors (Lipinski definition) is 3. The van der Waals surface area contributed by atoms with Crippen molar-refractivity contribution in [2.75, 3.05) is 31.6 Å². The minimum Gasteiger partial charge on any atom is -0.364 e. The molecule has 1 fully saturated rings. The average Bonchev–Trinajstić information content (AvgIpc) is 3.16. The molecule has 5 heteroatoms. The molecule has 0 bridgehead atoms. The van der Waals surface area contributed by atoms with Crippen LogP contribution < -0.4 is 10.2 Å². The highest BCUT2D eigenvalue weighted by Gasteiger charge is 2.31. The Balaban J connectivity index is 1.56. The zero-order chi connectivity index (χ0) is 15.5. The van der Waals surface area contributed by atoms with Crippen molar-refractivity contribution < 1.29 is 9.59 Å². The lowest BCUT2D eigenvalue weighted by Crippen LogP contribution is -2.31. The first-order valence-corrected chi connectivity index (χ1v) is 7.64. The van der Waals surface area contributed by atoms with Crippen LogP contribution in [0.1, 0.15) is 12.0 Å². The predicted octanol–water partition coefficient (Wildman–Crippen LogP) is 1.16. The number of benzene rings is 1. The summed E-state index contributed by atoms with van der Waals surface area (Å²) in [5, 5.41) is 2.95. The molecule has 1 N–H and O–H groups in total. The smallest absolute Gasteiger partial charge is 0.225 e. The maximum absolute atomic E-state index is 12.1. The second-order valence-electron chi connectivity index (χ2n) is 5.94. The van der Waals surface area contributed by atoms with Gasteiger partial charge < -0.3 is 15.1 Å². The molecule has 0 aromatic heterocycles. The van der Waals surface area contributed by atoms with Gasteiger partial charge in [0.2, 0.25) is 11.8 Å². The Morgan fingerprint density at radius 3 is 2.77 bits per heavy atom. The number of hydrogen-bond donors (Lipinski definition) is 1. The maximum Gasteiger partial charge on any atom is 0.225 e. The zero-order valence-corrected chi connectivity index (χ0v) is 12.8. The Labute approximate surface area is 130 Å². The van der Waals surface area contributed by atoms with Crippen molar-refractivity contribution in [3.8, 4) is 0 Å². The highest BCUT2D eigenvalue weighted by Crippen LogP contribution is 2.19. The molecule has 2 heterocycles. The van der Waals surface area contributed by atoms with Gasteiger partial charge in [-0.3, -0.25) is 9.59 Å². The van der Waals surface area contributed by atoms with E-state index in [0.29, 0.717) is 19.5 Å². The molecule has 2 aliphatic heterocycles. The summed E-state index contributed by atoms with van der Waals surface area (Å²) in [7, 11) is 1.74. The minimum atomic E-state index is -0.219. The average molecular weight is 299 g/mol. The summed E-state index contributed by atoms with van der Waals surface area (Å²) in [6, 6.07) is 8.23. The molecule has 1 unspecified atom stereocenters. The van der Waals surface area contributed by atoms with Crippen LogP contribution in [0.4, 0.5) is 5.69 Å². The van der Waals surface area contributed by atoms with E-state index in [2.05, 4.69) is 34.5 Å². The van der Waals surface area contributed by atoms with Gasteiger partial charge in [0.25, 0.3) is 0 Å². The van der Waals surface area contributed by atoms with Gasteiger partial charge in [-0.25, -0.2) is 0 Å². The Hall–Kier alpha value is -2.30. The van der Waals surface area contributed by atoms with Crippen molar-refractivity contribution in [3.05, 3.63) is 42.0 Å². The third kappa shape index (κ3) is 3.13. The van der Waals surface area contributed by atoms with Crippen molar-refractivity contribution in [1.82, 2.24) is 10.2 Å². The number of nitrogens with zero attached hydrogens (tertiary/aromatic N) is 2. The van der Waals surface area contributed by atoms with E-state index in [1.165, 1.54) is 5.69 Å². The second kappa shape index (κ2) is 6.22. The van der Waals surface area contributed by atoms with Gasteiger partial charge in [0.05, 0.1) is 5.92 Å². The van der Waals surface area contributed by atoms with E-state index in [9.17, 15) is 9.59 Å². The highest BCUT2D eigenvalue weighted by molar-refractivity contribution is 5.89. The lowest BCUT2D eigenvalue weighted by atomic mass is 10.1. The lowest BCUT2D eigenvalue weighted by molar-refractivity contribution is -0.128. The van der Waals surface area contributed by atoms with Gasteiger partial charge in [-0.2, -0.15) is 0 Å². The van der Waals surface area contributed by atoms with Gasteiger partial charge in [0.15, 0.2) is 0 Å². The topological polar surface area (TPSA) is 52.7 Å². The van der Waals surface area contributed by atoms with Crippen LogP contribution in [-0.4, -0.2) is 43.4 Å². The van der Waals surface area contributed by atoms with E-state index in [-0.39, 0.29) is 17.7 Å². The van der Waals surface area contributed by atoms with Crippen molar-refractivity contribution in [3.63, 3.8) is 0 Å². The quantitative estimate of drug-likeness (QED) is 0.849. The van der Waals surface area contributed by atoms with Crippen LogP contribution in [0.15, 0.2) is 36.4 Å². The van der Waals surface area contributed by atoms with Crippen LogP contribution in [0.25, 0.3) is 0 Å². The molecule has 2 aliphatic rings. The first-order chi connectivity index (χ1) is 10.6. The van der Waals surface area contributed by atoms with Gasteiger partial charge in [-0.1, -0.05) is 24.3 Å². The van der Waals surface area contributed by atoms with E-state index in [1.807, 2.05) is 12.1 Å². The summed E-state index contributed by atoms with van der Waals surface area (Å²) in [6.07, 6.45) is 4.63. The van der Waals surface area contributed by atoms with Crippen molar-refractivity contribution in [2.45, 2.75) is 13.0 Å². The molecule has 1 aromatic rings. The molecule has 1 atom stereocenters. The number of likely N-dealkylation sites (tertiary alicyclic amines) is 1. The zero-order valence-electron chi connectivity index (χ0n) is 12.8. The standard InChI is InChI=1S/C17H21N3O2/c1-19-12-14(10-16(19)21)17(22)18-11-13-5-4-6-15(9-13)20-7-2-3-8-20/h2-6,9,14H,7-8,10-12H2,1H3,(H,18,22). The second-order valence-corrected chi connectivity index (χ2v) is 5.94. The van der Waals surface area contributed by atoms with E-state index >= 15 is 0 Å². The van der Waals surface area contributed by atoms with Crippen LogP contribution >= 0.6 is 0 Å². The number of amides is 2. The summed E-state index contributed by atoms with van der Waals surface area (Å²) >= 11 is 0.